The van der Waals surface area contributed by atoms with Gasteiger partial charge in [0.05, 0.1) is 18.7 Å². The third-order valence-corrected chi connectivity index (χ3v) is 3.96. The molecule has 0 saturated heterocycles. The van der Waals surface area contributed by atoms with Gasteiger partial charge in [0.2, 0.25) is 5.91 Å². The van der Waals surface area contributed by atoms with Crippen molar-refractivity contribution in [3.8, 4) is 0 Å². The molecule has 1 aromatic carbocycles. The number of amides is 1. The van der Waals surface area contributed by atoms with Crippen LogP contribution in [0.5, 0.6) is 0 Å². The van der Waals surface area contributed by atoms with Crippen LogP contribution in [-0.2, 0) is 22.6 Å². The van der Waals surface area contributed by atoms with E-state index in [0.717, 1.165) is 24.0 Å². The van der Waals surface area contributed by atoms with Crippen molar-refractivity contribution < 1.29 is 14.7 Å². The van der Waals surface area contributed by atoms with E-state index >= 15 is 0 Å². The lowest BCUT2D eigenvalue weighted by Gasteiger charge is -2.19. The quantitative estimate of drug-likeness (QED) is 0.644. The Kier molecular flexibility index (Phi) is 7.92. The number of Topliss-reactive ketones (excluding diaryl/α,β-unsaturated/α-hetero) is 1. The maximum absolute atomic E-state index is 12.1. The maximum atomic E-state index is 12.1. The van der Waals surface area contributed by atoms with Crippen molar-refractivity contribution in [2.45, 2.75) is 58.7 Å². The normalized spacial score (nSPS) is 13.7. The fourth-order valence-electron chi connectivity index (χ4n) is 2.19. The summed E-state index contributed by atoms with van der Waals surface area (Å²) in [6.45, 7) is 5.48. The van der Waals surface area contributed by atoms with Gasteiger partial charge in [0.25, 0.3) is 0 Å². The molecule has 1 rings (SSSR count). The summed E-state index contributed by atoms with van der Waals surface area (Å²) < 4.78 is 0. The van der Waals surface area contributed by atoms with Gasteiger partial charge in [-0.3, -0.25) is 9.59 Å². The Morgan fingerprint density at radius 1 is 1.13 bits per heavy atom. The van der Waals surface area contributed by atoms with Gasteiger partial charge in [-0.1, -0.05) is 38.1 Å². The molecule has 0 fully saturated rings. The molecule has 5 heteroatoms. The molecule has 2 atom stereocenters. The number of aliphatic hydroxyl groups is 1. The van der Waals surface area contributed by atoms with Crippen molar-refractivity contribution in [3.63, 3.8) is 0 Å². The van der Waals surface area contributed by atoms with Crippen molar-refractivity contribution in [2.24, 2.45) is 11.7 Å². The van der Waals surface area contributed by atoms with Crippen molar-refractivity contribution >= 4 is 11.7 Å². The van der Waals surface area contributed by atoms with E-state index in [4.69, 9.17) is 10.8 Å². The highest BCUT2D eigenvalue weighted by molar-refractivity contribution is 5.90. The van der Waals surface area contributed by atoms with Crippen molar-refractivity contribution in [1.82, 2.24) is 5.32 Å². The molecule has 128 valence electrons. The molecule has 0 bridgehead atoms. The summed E-state index contributed by atoms with van der Waals surface area (Å²) in [5.41, 5.74) is 7.78. The number of rotatable bonds is 9. The summed E-state index contributed by atoms with van der Waals surface area (Å²) in [4.78, 5) is 23.9. The number of hydrogen-bond donors (Lipinski definition) is 3. The molecular weight excluding hydrogens is 292 g/mol. The summed E-state index contributed by atoms with van der Waals surface area (Å²) in [5, 5.41) is 11.7. The predicted molar refractivity (Wildman–Crippen MR) is 90.7 cm³/mol. The van der Waals surface area contributed by atoms with Crippen LogP contribution in [0.3, 0.4) is 0 Å². The minimum Gasteiger partial charge on any atom is -0.392 e. The molecule has 1 aromatic rings. The fourth-order valence-corrected chi connectivity index (χ4v) is 2.19. The molecule has 0 spiro atoms. The van der Waals surface area contributed by atoms with Crippen molar-refractivity contribution in [2.75, 3.05) is 0 Å². The molecular formula is C18H28N2O3. The highest BCUT2D eigenvalue weighted by atomic mass is 16.3. The van der Waals surface area contributed by atoms with Gasteiger partial charge in [-0.25, -0.2) is 0 Å². The van der Waals surface area contributed by atoms with E-state index in [1.54, 1.807) is 6.92 Å². The predicted octanol–water partition coefficient (Wildman–Crippen LogP) is 1.56. The van der Waals surface area contributed by atoms with Gasteiger partial charge in [-0.2, -0.15) is 0 Å². The Labute approximate surface area is 138 Å². The highest BCUT2D eigenvalue weighted by Gasteiger charge is 2.21. The average Bonchev–Trinajstić information content (AvgIpc) is 2.54. The fraction of sp³-hybridized carbons (Fsp3) is 0.556. The van der Waals surface area contributed by atoms with Crippen LogP contribution in [0.2, 0.25) is 0 Å². The SMILES string of the molecule is CC(NC(=O)[C@@H](N)C(C)C)C(=O)CCCc1ccc(CO)cc1. The molecule has 0 saturated carbocycles. The Balaban J connectivity index is 2.36. The minimum atomic E-state index is -0.588. The molecule has 23 heavy (non-hydrogen) atoms. The number of benzene rings is 1. The van der Waals surface area contributed by atoms with Crippen LogP contribution in [-0.4, -0.2) is 28.9 Å². The molecule has 1 unspecified atom stereocenters. The largest absolute Gasteiger partial charge is 0.392 e. The van der Waals surface area contributed by atoms with Gasteiger partial charge >= 0.3 is 0 Å². The zero-order valence-corrected chi connectivity index (χ0v) is 14.2. The van der Waals surface area contributed by atoms with Crippen LogP contribution in [0.4, 0.5) is 0 Å². The topological polar surface area (TPSA) is 92.4 Å². The third kappa shape index (κ3) is 6.50. The monoisotopic (exact) mass is 320 g/mol. The average molecular weight is 320 g/mol. The number of hydrogen-bond acceptors (Lipinski definition) is 4. The first-order chi connectivity index (χ1) is 10.8. The first kappa shape index (κ1) is 19.3. The van der Waals surface area contributed by atoms with Gasteiger partial charge in [0.1, 0.15) is 0 Å². The molecule has 5 nitrogen and oxygen atoms in total. The zero-order chi connectivity index (χ0) is 17.4. The van der Waals surface area contributed by atoms with E-state index in [1.165, 1.54) is 0 Å². The Hall–Kier alpha value is -1.72. The molecule has 0 aliphatic carbocycles. The Morgan fingerprint density at radius 3 is 2.22 bits per heavy atom. The lowest BCUT2D eigenvalue weighted by atomic mass is 10.0. The van der Waals surface area contributed by atoms with Crippen LogP contribution >= 0.6 is 0 Å². The molecule has 0 aliphatic rings. The van der Waals surface area contributed by atoms with Crippen LogP contribution in [0.15, 0.2) is 24.3 Å². The van der Waals surface area contributed by atoms with Gasteiger partial charge in [-0.05, 0) is 36.8 Å². The minimum absolute atomic E-state index is 0.0151. The van der Waals surface area contributed by atoms with Crippen LogP contribution < -0.4 is 11.1 Å². The molecule has 0 heterocycles. The van der Waals surface area contributed by atoms with Crippen LogP contribution in [0.1, 0.15) is 44.7 Å². The summed E-state index contributed by atoms with van der Waals surface area (Å²) in [6.07, 6.45) is 1.94. The lowest BCUT2D eigenvalue weighted by Crippen LogP contribution is -2.49. The molecule has 1 amide bonds. The number of nitrogens with one attached hydrogen (secondary N) is 1. The van der Waals surface area contributed by atoms with Gasteiger partial charge in [0.15, 0.2) is 5.78 Å². The van der Waals surface area contributed by atoms with E-state index in [9.17, 15) is 9.59 Å². The van der Waals surface area contributed by atoms with E-state index in [-0.39, 0.29) is 24.2 Å². The number of carbonyl (C=O) groups excluding carboxylic acids is 2. The van der Waals surface area contributed by atoms with Gasteiger partial charge in [0, 0.05) is 6.42 Å². The Bertz CT molecular complexity index is 512. The van der Waals surface area contributed by atoms with Crippen LogP contribution in [0, 0.1) is 5.92 Å². The van der Waals surface area contributed by atoms with Crippen molar-refractivity contribution in [3.05, 3.63) is 35.4 Å². The number of nitrogens with two attached hydrogens (primary N) is 1. The van der Waals surface area contributed by atoms with Crippen molar-refractivity contribution in [1.29, 1.82) is 0 Å². The number of ketones is 1. The number of carbonyl (C=O) groups is 2. The molecule has 0 aromatic heterocycles. The summed E-state index contributed by atoms with van der Waals surface area (Å²) >= 11 is 0. The standard InChI is InChI=1S/C18H28N2O3/c1-12(2)17(19)18(23)20-13(3)16(22)6-4-5-14-7-9-15(11-21)10-8-14/h7-10,12-13,17,21H,4-6,11,19H2,1-3H3,(H,20,23)/t13?,17-/m0/s1. The second-order valence-corrected chi connectivity index (χ2v) is 6.29. The van der Waals surface area contributed by atoms with E-state index in [0.29, 0.717) is 6.42 Å². The Morgan fingerprint density at radius 2 is 1.70 bits per heavy atom. The lowest BCUT2D eigenvalue weighted by molar-refractivity contribution is -0.128. The van der Waals surface area contributed by atoms with E-state index in [2.05, 4.69) is 5.32 Å². The highest BCUT2D eigenvalue weighted by Crippen LogP contribution is 2.09. The summed E-state index contributed by atoms with van der Waals surface area (Å²) in [7, 11) is 0. The smallest absolute Gasteiger partial charge is 0.237 e. The van der Waals surface area contributed by atoms with Gasteiger partial charge < -0.3 is 16.2 Å². The molecule has 4 N–H and O–H groups in total. The third-order valence-electron chi connectivity index (χ3n) is 3.96. The first-order valence-electron chi connectivity index (χ1n) is 8.12. The number of aryl methyl sites for hydroxylation is 1. The maximum Gasteiger partial charge on any atom is 0.237 e. The zero-order valence-electron chi connectivity index (χ0n) is 14.2. The summed E-state index contributed by atoms with van der Waals surface area (Å²) in [6, 6.07) is 6.59. The number of aliphatic hydroxyl groups excluding tert-OH is 1. The molecule has 0 radical (unpaired) electrons. The van der Waals surface area contributed by atoms with E-state index < -0.39 is 12.1 Å². The first-order valence-corrected chi connectivity index (χ1v) is 8.12. The van der Waals surface area contributed by atoms with Gasteiger partial charge in [-0.15, -0.1) is 0 Å². The second kappa shape index (κ2) is 9.43. The summed E-state index contributed by atoms with van der Waals surface area (Å²) in [5.74, 6) is -0.221. The van der Waals surface area contributed by atoms with E-state index in [1.807, 2.05) is 38.1 Å². The second-order valence-electron chi connectivity index (χ2n) is 6.29. The molecule has 0 aliphatic heterocycles. The van der Waals surface area contributed by atoms with Crippen LogP contribution in [0.25, 0.3) is 0 Å².